The second-order valence-corrected chi connectivity index (χ2v) is 4.90. The second kappa shape index (κ2) is 7.00. The molecule has 1 aromatic carbocycles. The minimum absolute atomic E-state index is 0.170. The summed E-state index contributed by atoms with van der Waals surface area (Å²) in [7, 11) is 0. The molecule has 0 aliphatic heterocycles. The molecule has 6 nitrogen and oxygen atoms in total. The van der Waals surface area contributed by atoms with Crippen molar-refractivity contribution in [2.45, 2.75) is 26.8 Å². The Morgan fingerprint density at radius 2 is 2.00 bits per heavy atom. The highest BCUT2D eigenvalue weighted by Crippen LogP contribution is 2.14. The maximum absolute atomic E-state index is 5.51. The van der Waals surface area contributed by atoms with Crippen LogP contribution in [0.1, 0.15) is 20.8 Å². The van der Waals surface area contributed by atoms with Gasteiger partial charge in [0.15, 0.2) is 0 Å². The standard InChI is InChI=1S/C14H21N5O/c1-4-20-10-13(11(2)3)15-14-16-17-18-19(14)12-8-6-5-7-9-12/h5-9,11,13H,4,10H2,1-3H3,(H,15,16,18). The number of anilines is 1. The second-order valence-electron chi connectivity index (χ2n) is 4.90. The first kappa shape index (κ1) is 14.5. The van der Waals surface area contributed by atoms with Gasteiger partial charge in [0.2, 0.25) is 5.95 Å². The van der Waals surface area contributed by atoms with Gasteiger partial charge >= 0.3 is 0 Å². The first-order chi connectivity index (χ1) is 9.72. The van der Waals surface area contributed by atoms with Crippen molar-refractivity contribution < 1.29 is 4.74 Å². The van der Waals surface area contributed by atoms with E-state index < -0.39 is 0 Å². The summed E-state index contributed by atoms with van der Waals surface area (Å²) in [5, 5.41) is 15.2. The van der Waals surface area contributed by atoms with Crippen molar-refractivity contribution in [3.63, 3.8) is 0 Å². The summed E-state index contributed by atoms with van der Waals surface area (Å²) in [6.07, 6.45) is 0. The molecule has 0 saturated carbocycles. The summed E-state index contributed by atoms with van der Waals surface area (Å²) < 4.78 is 7.21. The van der Waals surface area contributed by atoms with Gasteiger partial charge in [-0.15, -0.1) is 0 Å². The monoisotopic (exact) mass is 275 g/mol. The van der Waals surface area contributed by atoms with E-state index in [9.17, 15) is 0 Å². The van der Waals surface area contributed by atoms with E-state index in [1.165, 1.54) is 0 Å². The van der Waals surface area contributed by atoms with Gasteiger partial charge in [0.1, 0.15) is 0 Å². The molecule has 0 aliphatic rings. The summed E-state index contributed by atoms with van der Waals surface area (Å²) in [6, 6.07) is 9.99. The predicted molar refractivity (Wildman–Crippen MR) is 77.9 cm³/mol. The fraction of sp³-hybridized carbons (Fsp3) is 0.500. The van der Waals surface area contributed by atoms with Gasteiger partial charge in [-0.1, -0.05) is 37.1 Å². The van der Waals surface area contributed by atoms with Gasteiger partial charge in [-0.25, -0.2) is 0 Å². The minimum atomic E-state index is 0.170. The SMILES string of the molecule is CCOCC(Nc1nnnn1-c1ccccc1)C(C)C. The molecule has 1 heterocycles. The van der Waals surface area contributed by atoms with Crippen LogP contribution in [0.15, 0.2) is 30.3 Å². The molecule has 0 amide bonds. The fourth-order valence-corrected chi connectivity index (χ4v) is 1.83. The maximum atomic E-state index is 5.51. The number of nitrogens with one attached hydrogen (secondary N) is 1. The number of benzene rings is 1. The molecule has 0 saturated heterocycles. The van der Waals surface area contributed by atoms with Crippen LogP contribution in [0.4, 0.5) is 5.95 Å². The van der Waals surface area contributed by atoms with Crippen LogP contribution < -0.4 is 5.32 Å². The lowest BCUT2D eigenvalue weighted by Gasteiger charge is -2.22. The van der Waals surface area contributed by atoms with Crippen LogP contribution in [-0.4, -0.2) is 39.5 Å². The van der Waals surface area contributed by atoms with Crippen LogP contribution >= 0.6 is 0 Å². The summed E-state index contributed by atoms with van der Waals surface area (Å²) in [5.41, 5.74) is 0.930. The largest absolute Gasteiger partial charge is 0.380 e. The number of nitrogens with zero attached hydrogens (tertiary/aromatic N) is 4. The summed E-state index contributed by atoms with van der Waals surface area (Å²) in [5.74, 6) is 1.05. The topological polar surface area (TPSA) is 64.9 Å². The van der Waals surface area contributed by atoms with E-state index in [-0.39, 0.29) is 6.04 Å². The quantitative estimate of drug-likeness (QED) is 0.838. The Balaban J connectivity index is 2.15. The number of aromatic nitrogens is 4. The van der Waals surface area contributed by atoms with Gasteiger partial charge in [-0.3, -0.25) is 0 Å². The van der Waals surface area contributed by atoms with E-state index in [2.05, 4.69) is 34.7 Å². The van der Waals surface area contributed by atoms with Gasteiger partial charge in [0.05, 0.1) is 18.3 Å². The van der Waals surface area contributed by atoms with Crippen molar-refractivity contribution in [2.75, 3.05) is 18.5 Å². The average Bonchev–Trinajstić information content (AvgIpc) is 2.92. The third-order valence-corrected chi connectivity index (χ3v) is 3.09. The summed E-state index contributed by atoms with van der Waals surface area (Å²) >= 11 is 0. The molecule has 0 radical (unpaired) electrons. The number of hydrogen-bond donors (Lipinski definition) is 1. The van der Waals surface area contributed by atoms with E-state index in [1.807, 2.05) is 37.3 Å². The van der Waals surface area contributed by atoms with E-state index in [4.69, 9.17) is 4.74 Å². The van der Waals surface area contributed by atoms with Gasteiger partial charge < -0.3 is 10.1 Å². The van der Waals surface area contributed by atoms with E-state index in [0.29, 0.717) is 25.1 Å². The van der Waals surface area contributed by atoms with Gasteiger partial charge in [-0.2, -0.15) is 4.68 Å². The fourth-order valence-electron chi connectivity index (χ4n) is 1.83. The Morgan fingerprint density at radius 3 is 2.65 bits per heavy atom. The Kier molecular flexibility index (Phi) is 5.06. The molecule has 20 heavy (non-hydrogen) atoms. The zero-order chi connectivity index (χ0) is 14.4. The third-order valence-electron chi connectivity index (χ3n) is 3.09. The van der Waals surface area contributed by atoms with Crippen LogP contribution in [0.5, 0.6) is 0 Å². The molecule has 0 spiro atoms. The maximum Gasteiger partial charge on any atom is 0.248 e. The van der Waals surface area contributed by atoms with Crippen LogP contribution in [0, 0.1) is 5.92 Å². The molecule has 1 unspecified atom stereocenters. The highest BCUT2D eigenvalue weighted by Gasteiger charge is 2.17. The highest BCUT2D eigenvalue weighted by molar-refractivity contribution is 5.38. The van der Waals surface area contributed by atoms with Gasteiger partial charge in [-0.05, 0) is 35.4 Å². The van der Waals surface area contributed by atoms with E-state index >= 15 is 0 Å². The van der Waals surface area contributed by atoms with Crippen LogP contribution in [0.2, 0.25) is 0 Å². The summed E-state index contributed by atoms with van der Waals surface area (Å²) in [4.78, 5) is 0. The molecular weight excluding hydrogens is 254 g/mol. The molecule has 1 atom stereocenters. The number of hydrogen-bond acceptors (Lipinski definition) is 5. The lowest BCUT2D eigenvalue weighted by Crippen LogP contribution is -2.32. The third kappa shape index (κ3) is 3.54. The van der Waals surface area contributed by atoms with Gasteiger partial charge in [0.25, 0.3) is 0 Å². The van der Waals surface area contributed by atoms with Crippen molar-refractivity contribution in [1.29, 1.82) is 0 Å². The first-order valence-electron chi connectivity index (χ1n) is 6.90. The Hall–Kier alpha value is -1.95. The number of rotatable bonds is 7. The molecule has 108 valence electrons. The Bertz CT molecular complexity index is 511. The van der Waals surface area contributed by atoms with Crippen LogP contribution in [-0.2, 0) is 4.74 Å². The van der Waals surface area contributed by atoms with E-state index in [1.54, 1.807) is 4.68 Å². The van der Waals surface area contributed by atoms with Crippen molar-refractivity contribution in [2.24, 2.45) is 5.92 Å². The minimum Gasteiger partial charge on any atom is -0.380 e. The summed E-state index contributed by atoms with van der Waals surface area (Å²) in [6.45, 7) is 7.62. The van der Waals surface area contributed by atoms with Crippen molar-refractivity contribution in [3.05, 3.63) is 30.3 Å². The molecule has 2 aromatic rings. The molecule has 1 aromatic heterocycles. The molecule has 0 bridgehead atoms. The number of para-hydroxylation sites is 1. The van der Waals surface area contributed by atoms with Crippen LogP contribution in [0.3, 0.4) is 0 Å². The lowest BCUT2D eigenvalue weighted by molar-refractivity contribution is 0.126. The Labute approximate surface area is 119 Å². The predicted octanol–water partition coefficient (Wildman–Crippen LogP) is 2.14. The number of tetrazole rings is 1. The Morgan fingerprint density at radius 1 is 1.25 bits per heavy atom. The zero-order valence-corrected chi connectivity index (χ0v) is 12.2. The number of ether oxygens (including phenoxy) is 1. The lowest BCUT2D eigenvalue weighted by atomic mass is 10.1. The molecular formula is C14H21N5O. The molecule has 1 N–H and O–H groups in total. The zero-order valence-electron chi connectivity index (χ0n) is 12.2. The molecule has 0 fully saturated rings. The van der Waals surface area contributed by atoms with Gasteiger partial charge in [0, 0.05) is 6.61 Å². The average molecular weight is 275 g/mol. The molecule has 6 heteroatoms. The van der Waals surface area contributed by atoms with Crippen molar-refractivity contribution >= 4 is 5.95 Å². The van der Waals surface area contributed by atoms with Crippen molar-refractivity contribution in [1.82, 2.24) is 20.2 Å². The smallest absolute Gasteiger partial charge is 0.248 e. The molecule has 0 aliphatic carbocycles. The van der Waals surface area contributed by atoms with Crippen molar-refractivity contribution in [3.8, 4) is 5.69 Å². The normalized spacial score (nSPS) is 12.6. The highest BCUT2D eigenvalue weighted by atomic mass is 16.5. The molecule has 2 rings (SSSR count). The first-order valence-corrected chi connectivity index (χ1v) is 6.90. The van der Waals surface area contributed by atoms with Crippen LogP contribution in [0.25, 0.3) is 5.69 Å². The van der Waals surface area contributed by atoms with E-state index in [0.717, 1.165) is 5.69 Å².